The molecule has 2 nitrogen and oxygen atoms in total. The van der Waals surface area contributed by atoms with Crippen molar-refractivity contribution in [2.75, 3.05) is 0 Å². The van der Waals surface area contributed by atoms with E-state index in [1.165, 1.54) is 57.8 Å². The molecule has 0 N–H and O–H groups in total. The Bertz CT molecular complexity index is 477. The Labute approximate surface area is 139 Å². The van der Waals surface area contributed by atoms with Crippen molar-refractivity contribution >= 4 is 5.97 Å². The van der Waals surface area contributed by atoms with Gasteiger partial charge in [0.2, 0.25) is 0 Å². The molecule has 0 atom stereocenters. The molecular formula is C21H30O2. The minimum atomic E-state index is -0.0575. The lowest BCUT2D eigenvalue weighted by Crippen LogP contribution is -2.56. The Morgan fingerprint density at radius 2 is 0.957 bits per heavy atom. The predicted octanol–water partition coefficient (Wildman–Crippen LogP) is 4.71. The van der Waals surface area contributed by atoms with Crippen LogP contribution in [0.15, 0.2) is 0 Å². The molecule has 2 heteroatoms. The van der Waals surface area contributed by atoms with Gasteiger partial charge < -0.3 is 4.74 Å². The Hall–Kier alpha value is -0.530. The standard InChI is InChI=1S/C21H30O2/c22-19(20-7-13-1-14(8-20)3-15(2-13)9-20)23-21-10-16-4-17(11-21)6-18(5-16)12-21/h13-18H,1-12H2. The largest absolute Gasteiger partial charge is 0.459 e. The molecule has 23 heavy (non-hydrogen) atoms. The lowest BCUT2D eigenvalue weighted by Gasteiger charge is -2.58. The topological polar surface area (TPSA) is 26.3 Å². The van der Waals surface area contributed by atoms with Crippen LogP contribution in [0.2, 0.25) is 0 Å². The number of carbonyl (C=O) groups excluding carboxylic acids is 1. The van der Waals surface area contributed by atoms with E-state index in [0.717, 1.165) is 54.8 Å². The van der Waals surface area contributed by atoms with Crippen LogP contribution in [0.3, 0.4) is 0 Å². The van der Waals surface area contributed by atoms with E-state index in [2.05, 4.69) is 0 Å². The highest BCUT2D eigenvalue weighted by Crippen LogP contribution is 2.62. The van der Waals surface area contributed by atoms with E-state index in [0.29, 0.717) is 0 Å². The molecule has 8 aliphatic carbocycles. The minimum Gasteiger partial charge on any atom is -0.459 e. The molecule has 0 saturated heterocycles. The molecule has 0 amide bonds. The van der Waals surface area contributed by atoms with Crippen LogP contribution in [0, 0.1) is 40.9 Å². The van der Waals surface area contributed by atoms with Crippen molar-refractivity contribution in [2.24, 2.45) is 40.9 Å². The highest BCUT2D eigenvalue weighted by molar-refractivity contribution is 5.78. The summed E-state index contributed by atoms with van der Waals surface area (Å²) >= 11 is 0. The van der Waals surface area contributed by atoms with Crippen molar-refractivity contribution in [3.8, 4) is 0 Å². The Morgan fingerprint density at radius 3 is 1.35 bits per heavy atom. The van der Waals surface area contributed by atoms with Gasteiger partial charge in [-0.3, -0.25) is 4.79 Å². The second-order valence-corrected chi connectivity index (χ2v) is 10.7. The van der Waals surface area contributed by atoms with Crippen LogP contribution in [0.1, 0.15) is 77.0 Å². The van der Waals surface area contributed by atoms with Gasteiger partial charge in [0, 0.05) is 0 Å². The van der Waals surface area contributed by atoms with Gasteiger partial charge in [-0.25, -0.2) is 0 Å². The summed E-state index contributed by atoms with van der Waals surface area (Å²) in [6.45, 7) is 0. The van der Waals surface area contributed by atoms with Crippen molar-refractivity contribution in [1.29, 1.82) is 0 Å². The van der Waals surface area contributed by atoms with Crippen LogP contribution >= 0.6 is 0 Å². The van der Waals surface area contributed by atoms with E-state index in [4.69, 9.17) is 4.74 Å². The summed E-state index contributed by atoms with van der Waals surface area (Å²) in [4.78, 5) is 13.4. The van der Waals surface area contributed by atoms with Crippen molar-refractivity contribution in [2.45, 2.75) is 82.7 Å². The fourth-order valence-electron chi connectivity index (χ4n) is 8.82. The second-order valence-electron chi connectivity index (χ2n) is 10.7. The summed E-state index contributed by atoms with van der Waals surface area (Å²) in [7, 11) is 0. The predicted molar refractivity (Wildman–Crippen MR) is 87.6 cm³/mol. The number of hydrogen-bond acceptors (Lipinski definition) is 2. The van der Waals surface area contributed by atoms with E-state index < -0.39 is 0 Å². The minimum absolute atomic E-state index is 0.0326. The van der Waals surface area contributed by atoms with Gasteiger partial charge in [0.15, 0.2) is 0 Å². The summed E-state index contributed by atoms with van der Waals surface area (Å²) in [5.74, 6) is 5.36. The van der Waals surface area contributed by atoms with Crippen molar-refractivity contribution < 1.29 is 9.53 Å². The van der Waals surface area contributed by atoms with E-state index in [-0.39, 0.29) is 17.0 Å². The zero-order chi connectivity index (χ0) is 15.2. The molecule has 0 spiro atoms. The molecule has 8 aliphatic rings. The highest BCUT2D eigenvalue weighted by Gasteiger charge is 2.59. The molecule has 8 saturated carbocycles. The van der Waals surface area contributed by atoms with Crippen LogP contribution in [0.25, 0.3) is 0 Å². The fourth-order valence-corrected chi connectivity index (χ4v) is 8.82. The van der Waals surface area contributed by atoms with Gasteiger partial charge >= 0.3 is 5.97 Å². The summed E-state index contributed by atoms with van der Waals surface area (Å²) < 4.78 is 6.50. The number of carbonyl (C=O) groups is 1. The third kappa shape index (κ3) is 1.96. The van der Waals surface area contributed by atoms with Crippen molar-refractivity contribution in [3.63, 3.8) is 0 Å². The van der Waals surface area contributed by atoms with Gasteiger partial charge in [-0.05, 0) is 113 Å². The first-order chi connectivity index (χ1) is 11.1. The van der Waals surface area contributed by atoms with Gasteiger partial charge in [-0.15, -0.1) is 0 Å². The molecule has 126 valence electrons. The summed E-state index contributed by atoms with van der Waals surface area (Å²) in [6, 6.07) is 0. The molecule has 0 aromatic rings. The summed E-state index contributed by atoms with van der Waals surface area (Å²) in [5, 5.41) is 0. The number of esters is 1. The zero-order valence-electron chi connectivity index (χ0n) is 14.3. The first kappa shape index (κ1) is 13.7. The van der Waals surface area contributed by atoms with Crippen LogP contribution < -0.4 is 0 Å². The molecule has 0 unspecified atom stereocenters. The summed E-state index contributed by atoms with van der Waals surface area (Å²) in [5.41, 5.74) is -0.0900. The highest BCUT2D eigenvalue weighted by atomic mass is 16.6. The van der Waals surface area contributed by atoms with Crippen LogP contribution in [-0.4, -0.2) is 11.6 Å². The summed E-state index contributed by atoms with van der Waals surface area (Å²) in [6.07, 6.45) is 15.5. The monoisotopic (exact) mass is 314 g/mol. The zero-order valence-corrected chi connectivity index (χ0v) is 14.3. The number of hydrogen-bond donors (Lipinski definition) is 0. The molecular weight excluding hydrogens is 284 g/mol. The molecule has 0 aromatic heterocycles. The normalized spacial score (nSPS) is 58.6. The SMILES string of the molecule is O=C(OC12CC3CC(CC(C3)C1)C2)C12CC3CC(CC(C3)C1)C2. The van der Waals surface area contributed by atoms with Gasteiger partial charge in [0.05, 0.1) is 5.41 Å². The maximum atomic E-state index is 13.4. The van der Waals surface area contributed by atoms with Crippen molar-refractivity contribution in [1.82, 2.24) is 0 Å². The Morgan fingerprint density at radius 1 is 0.609 bits per heavy atom. The number of rotatable bonds is 2. The number of ether oxygens (including phenoxy) is 1. The van der Waals surface area contributed by atoms with E-state index in [1.807, 2.05) is 0 Å². The molecule has 0 aromatic carbocycles. The van der Waals surface area contributed by atoms with Crippen LogP contribution in [0.4, 0.5) is 0 Å². The fraction of sp³-hybridized carbons (Fsp3) is 0.952. The van der Waals surface area contributed by atoms with E-state index in [9.17, 15) is 4.79 Å². The van der Waals surface area contributed by atoms with Crippen LogP contribution in [-0.2, 0) is 9.53 Å². The quantitative estimate of drug-likeness (QED) is 0.690. The molecule has 0 aliphatic heterocycles. The third-order valence-electron chi connectivity index (χ3n) is 8.76. The van der Waals surface area contributed by atoms with Gasteiger partial charge in [0.1, 0.15) is 5.60 Å². The first-order valence-electron chi connectivity index (χ1n) is 10.3. The lowest BCUT2D eigenvalue weighted by atomic mass is 9.49. The maximum Gasteiger partial charge on any atom is 0.312 e. The molecule has 8 fully saturated rings. The van der Waals surface area contributed by atoms with E-state index in [1.54, 1.807) is 0 Å². The smallest absolute Gasteiger partial charge is 0.312 e. The first-order valence-corrected chi connectivity index (χ1v) is 10.3. The Kier molecular flexibility index (Phi) is 2.60. The lowest BCUT2D eigenvalue weighted by molar-refractivity contribution is -0.208. The molecule has 0 heterocycles. The van der Waals surface area contributed by atoms with Gasteiger partial charge in [0.25, 0.3) is 0 Å². The van der Waals surface area contributed by atoms with Gasteiger partial charge in [-0.2, -0.15) is 0 Å². The third-order valence-corrected chi connectivity index (χ3v) is 8.76. The average molecular weight is 314 g/mol. The van der Waals surface area contributed by atoms with Gasteiger partial charge in [-0.1, -0.05) is 0 Å². The maximum absolute atomic E-state index is 13.4. The molecule has 8 bridgehead atoms. The van der Waals surface area contributed by atoms with Crippen molar-refractivity contribution in [3.05, 3.63) is 0 Å². The molecule has 0 radical (unpaired) electrons. The second kappa shape index (κ2) is 4.35. The average Bonchev–Trinajstić information content (AvgIpc) is 2.43. The Balaban J connectivity index is 1.26. The van der Waals surface area contributed by atoms with E-state index >= 15 is 0 Å². The molecule has 8 rings (SSSR count). The van der Waals surface area contributed by atoms with Crippen LogP contribution in [0.5, 0.6) is 0 Å².